The van der Waals surface area contributed by atoms with Gasteiger partial charge in [0, 0.05) is 24.5 Å². The molecule has 5 nitrogen and oxygen atoms in total. The first-order valence-corrected chi connectivity index (χ1v) is 9.55. The molecule has 0 atom stereocenters. The number of benzene rings is 1. The van der Waals surface area contributed by atoms with E-state index in [1.807, 2.05) is 24.0 Å². The van der Waals surface area contributed by atoms with Crippen LogP contribution in [0.1, 0.15) is 67.2 Å². The van der Waals surface area contributed by atoms with Crippen molar-refractivity contribution in [2.75, 3.05) is 18.4 Å². The van der Waals surface area contributed by atoms with Crippen LogP contribution in [-0.4, -0.2) is 33.9 Å². The first-order chi connectivity index (χ1) is 12.5. The Morgan fingerprint density at radius 3 is 2.31 bits per heavy atom. The van der Waals surface area contributed by atoms with Gasteiger partial charge in [0.05, 0.1) is 0 Å². The zero-order chi connectivity index (χ0) is 18.5. The largest absolute Gasteiger partial charge is 0.337 e. The van der Waals surface area contributed by atoms with E-state index in [9.17, 15) is 4.79 Å². The molecule has 1 amide bonds. The quantitative estimate of drug-likeness (QED) is 0.869. The second-order valence-corrected chi connectivity index (χ2v) is 7.33. The SMILES string of the molecule is Cc1cc(C(=O)N2CCCCCC2)nc(Nc2ccc(C(C)C)cc2)n1. The van der Waals surface area contributed by atoms with Crippen LogP contribution in [0.5, 0.6) is 0 Å². The molecular weight excluding hydrogens is 324 g/mol. The summed E-state index contributed by atoms with van der Waals surface area (Å²) in [5.74, 6) is 0.980. The summed E-state index contributed by atoms with van der Waals surface area (Å²) in [5.41, 5.74) is 3.48. The predicted molar refractivity (Wildman–Crippen MR) is 105 cm³/mol. The van der Waals surface area contributed by atoms with Crippen LogP contribution in [0.2, 0.25) is 0 Å². The molecule has 1 N–H and O–H groups in total. The Kier molecular flexibility index (Phi) is 5.86. The van der Waals surface area contributed by atoms with E-state index in [2.05, 4.69) is 41.3 Å². The highest BCUT2D eigenvalue weighted by Gasteiger charge is 2.19. The molecule has 0 spiro atoms. The number of aryl methyl sites for hydroxylation is 1. The van der Waals surface area contributed by atoms with Gasteiger partial charge in [0.15, 0.2) is 0 Å². The minimum Gasteiger partial charge on any atom is -0.337 e. The fourth-order valence-electron chi connectivity index (χ4n) is 3.25. The molecule has 0 bridgehead atoms. The molecule has 1 aliphatic rings. The van der Waals surface area contributed by atoms with Crippen LogP contribution in [0, 0.1) is 6.92 Å². The molecule has 0 unspecified atom stereocenters. The lowest BCUT2D eigenvalue weighted by Crippen LogP contribution is -2.32. The number of aromatic nitrogens is 2. The molecule has 0 radical (unpaired) electrons. The third-order valence-corrected chi connectivity index (χ3v) is 4.80. The Bertz CT molecular complexity index is 747. The summed E-state index contributed by atoms with van der Waals surface area (Å²) in [6.45, 7) is 7.89. The van der Waals surface area contributed by atoms with E-state index >= 15 is 0 Å². The van der Waals surface area contributed by atoms with E-state index < -0.39 is 0 Å². The molecular formula is C21H28N4O. The fourth-order valence-corrected chi connectivity index (χ4v) is 3.25. The number of amides is 1. The molecule has 2 heterocycles. The minimum absolute atomic E-state index is 0.00982. The number of carbonyl (C=O) groups excluding carboxylic acids is 1. The molecule has 26 heavy (non-hydrogen) atoms. The molecule has 2 aromatic rings. The topological polar surface area (TPSA) is 58.1 Å². The fraction of sp³-hybridized carbons (Fsp3) is 0.476. The van der Waals surface area contributed by atoms with Crippen molar-refractivity contribution < 1.29 is 4.79 Å². The zero-order valence-electron chi connectivity index (χ0n) is 16.0. The van der Waals surface area contributed by atoms with Gasteiger partial charge in [-0.3, -0.25) is 4.79 Å². The van der Waals surface area contributed by atoms with Gasteiger partial charge in [-0.1, -0.05) is 38.8 Å². The normalized spacial score (nSPS) is 15.0. The minimum atomic E-state index is 0.00982. The first-order valence-electron chi connectivity index (χ1n) is 9.55. The summed E-state index contributed by atoms with van der Waals surface area (Å²) in [4.78, 5) is 23.7. The molecule has 0 saturated carbocycles. The number of rotatable bonds is 4. The zero-order valence-corrected chi connectivity index (χ0v) is 16.0. The van der Waals surface area contributed by atoms with Gasteiger partial charge in [-0.05, 0) is 49.4 Å². The van der Waals surface area contributed by atoms with Crippen LogP contribution in [0.25, 0.3) is 0 Å². The third-order valence-electron chi connectivity index (χ3n) is 4.80. The van der Waals surface area contributed by atoms with Crippen molar-refractivity contribution in [2.45, 2.75) is 52.4 Å². The first kappa shape index (κ1) is 18.4. The van der Waals surface area contributed by atoms with Crippen molar-refractivity contribution in [3.63, 3.8) is 0 Å². The summed E-state index contributed by atoms with van der Waals surface area (Å²) in [5, 5.41) is 3.23. The number of hydrogen-bond acceptors (Lipinski definition) is 4. The van der Waals surface area contributed by atoms with Crippen LogP contribution >= 0.6 is 0 Å². The van der Waals surface area contributed by atoms with Crippen molar-refractivity contribution in [3.05, 3.63) is 47.3 Å². The van der Waals surface area contributed by atoms with Crippen molar-refractivity contribution in [1.29, 1.82) is 0 Å². The Morgan fingerprint density at radius 1 is 1.04 bits per heavy atom. The van der Waals surface area contributed by atoms with Crippen LogP contribution in [0.3, 0.4) is 0 Å². The highest BCUT2D eigenvalue weighted by atomic mass is 16.2. The van der Waals surface area contributed by atoms with E-state index in [1.54, 1.807) is 6.07 Å². The third kappa shape index (κ3) is 4.59. The van der Waals surface area contributed by atoms with E-state index in [-0.39, 0.29) is 5.91 Å². The van der Waals surface area contributed by atoms with Gasteiger partial charge >= 0.3 is 0 Å². The number of hydrogen-bond donors (Lipinski definition) is 1. The van der Waals surface area contributed by atoms with Crippen LogP contribution in [0.4, 0.5) is 11.6 Å². The van der Waals surface area contributed by atoms with Gasteiger partial charge < -0.3 is 10.2 Å². The summed E-state index contributed by atoms with van der Waals surface area (Å²) >= 11 is 0. The Hall–Kier alpha value is -2.43. The molecule has 1 aromatic carbocycles. The number of carbonyl (C=O) groups is 1. The van der Waals surface area contributed by atoms with Crippen LogP contribution < -0.4 is 5.32 Å². The predicted octanol–water partition coefficient (Wildman–Crippen LogP) is 4.67. The van der Waals surface area contributed by atoms with Gasteiger partial charge in [0.1, 0.15) is 5.69 Å². The summed E-state index contributed by atoms with van der Waals surface area (Å²) in [7, 11) is 0. The Labute approximate surface area is 155 Å². The van der Waals surface area contributed by atoms with E-state index in [0.717, 1.165) is 37.3 Å². The molecule has 138 valence electrons. The number of nitrogens with one attached hydrogen (secondary N) is 1. The van der Waals surface area contributed by atoms with Gasteiger partial charge in [-0.15, -0.1) is 0 Å². The molecule has 3 rings (SSSR count). The summed E-state index contributed by atoms with van der Waals surface area (Å²) in [6, 6.07) is 10.0. The maximum Gasteiger partial charge on any atom is 0.272 e. The lowest BCUT2D eigenvalue weighted by Gasteiger charge is -2.20. The molecule has 1 aliphatic heterocycles. The monoisotopic (exact) mass is 352 g/mol. The second kappa shape index (κ2) is 8.30. The van der Waals surface area contributed by atoms with E-state index in [1.165, 1.54) is 18.4 Å². The number of likely N-dealkylation sites (tertiary alicyclic amines) is 1. The van der Waals surface area contributed by atoms with Crippen molar-refractivity contribution >= 4 is 17.5 Å². The highest BCUT2D eigenvalue weighted by Crippen LogP contribution is 2.20. The molecule has 1 aromatic heterocycles. The Morgan fingerprint density at radius 2 is 1.69 bits per heavy atom. The van der Waals surface area contributed by atoms with Gasteiger partial charge in [-0.25, -0.2) is 9.97 Å². The lowest BCUT2D eigenvalue weighted by molar-refractivity contribution is 0.0755. The van der Waals surface area contributed by atoms with Gasteiger partial charge in [-0.2, -0.15) is 0 Å². The van der Waals surface area contributed by atoms with Crippen LogP contribution in [0.15, 0.2) is 30.3 Å². The standard InChI is InChI=1S/C21H28N4O/c1-15(2)17-8-10-18(11-9-17)23-21-22-16(3)14-19(24-21)20(26)25-12-6-4-5-7-13-25/h8-11,14-15H,4-7,12-13H2,1-3H3,(H,22,23,24). The average Bonchev–Trinajstić information content (AvgIpc) is 2.90. The second-order valence-electron chi connectivity index (χ2n) is 7.33. The van der Waals surface area contributed by atoms with Crippen LogP contribution in [-0.2, 0) is 0 Å². The molecule has 0 aliphatic carbocycles. The Balaban J connectivity index is 1.77. The summed E-state index contributed by atoms with van der Waals surface area (Å²) < 4.78 is 0. The van der Waals surface area contributed by atoms with E-state index in [0.29, 0.717) is 17.6 Å². The van der Waals surface area contributed by atoms with Crippen molar-refractivity contribution in [2.24, 2.45) is 0 Å². The lowest BCUT2D eigenvalue weighted by atomic mass is 10.0. The van der Waals surface area contributed by atoms with Gasteiger partial charge in [0.2, 0.25) is 5.95 Å². The maximum absolute atomic E-state index is 12.8. The smallest absolute Gasteiger partial charge is 0.272 e. The summed E-state index contributed by atoms with van der Waals surface area (Å²) in [6.07, 6.45) is 4.55. The van der Waals surface area contributed by atoms with Gasteiger partial charge in [0.25, 0.3) is 5.91 Å². The highest BCUT2D eigenvalue weighted by molar-refractivity contribution is 5.92. The molecule has 1 fully saturated rings. The van der Waals surface area contributed by atoms with E-state index in [4.69, 9.17) is 0 Å². The maximum atomic E-state index is 12.8. The molecule has 1 saturated heterocycles. The average molecular weight is 352 g/mol. The van der Waals surface area contributed by atoms with Crippen molar-refractivity contribution in [1.82, 2.24) is 14.9 Å². The number of nitrogens with zero attached hydrogens (tertiary/aromatic N) is 3. The van der Waals surface area contributed by atoms with Crippen molar-refractivity contribution in [3.8, 4) is 0 Å². The number of anilines is 2. The molecule has 5 heteroatoms.